The van der Waals surface area contributed by atoms with E-state index >= 15 is 0 Å². The van der Waals surface area contributed by atoms with E-state index in [9.17, 15) is 9.59 Å². The van der Waals surface area contributed by atoms with Crippen molar-refractivity contribution in [2.75, 3.05) is 34.4 Å². The minimum Gasteiger partial charge on any atom is -0.519 e. The molecule has 1 unspecified atom stereocenters. The number of carbonyl (C=O) groups is 2. The molecule has 0 spiro atoms. The summed E-state index contributed by atoms with van der Waals surface area (Å²) in [6.45, 7) is 15.8. The van der Waals surface area contributed by atoms with Gasteiger partial charge in [0.25, 0.3) is 22.6 Å². The summed E-state index contributed by atoms with van der Waals surface area (Å²) in [5.41, 5.74) is 0. The summed E-state index contributed by atoms with van der Waals surface area (Å²) in [7, 11) is -2.20. The first kappa shape index (κ1) is 34.4. The van der Waals surface area contributed by atoms with Crippen molar-refractivity contribution in [3.05, 3.63) is 0 Å². The summed E-state index contributed by atoms with van der Waals surface area (Å²) < 4.78 is 29.0. The molecular formula is C24H53NO7Si3. The molecule has 0 aromatic rings. The molecule has 208 valence electrons. The molecule has 35 heavy (non-hydrogen) atoms. The first-order chi connectivity index (χ1) is 16.6. The van der Waals surface area contributed by atoms with Crippen LogP contribution in [0.2, 0.25) is 42.3 Å². The van der Waals surface area contributed by atoms with E-state index in [0.717, 1.165) is 36.3 Å². The Kier molecular flexibility index (Phi) is 16.8. The second-order valence-corrected chi connectivity index (χ2v) is 21.6. The van der Waals surface area contributed by atoms with E-state index in [1.54, 1.807) is 21.3 Å². The van der Waals surface area contributed by atoms with Crippen LogP contribution in [0.1, 0.15) is 61.3 Å². The molecule has 8 nitrogen and oxygen atoms in total. The van der Waals surface area contributed by atoms with Gasteiger partial charge in [-0.2, -0.15) is 0 Å². The molecule has 0 fully saturated rings. The van der Waals surface area contributed by atoms with Gasteiger partial charge >= 0.3 is 14.8 Å². The molecule has 0 bridgehead atoms. The van der Waals surface area contributed by atoms with E-state index < -0.39 is 31.5 Å². The average molecular weight is 552 g/mol. The highest BCUT2D eigenvalue weighted by Crippen LogP contribution is 2.26. The van der Waals surface area contributed by atoms with Crippen LogP contribution in [0.5, 0.6) is 0 Å². The maximum atomic E-state index is 13.6. The Bertz CT molecular complexity index is 587. The number of carbonyl (C=O) groups excluding carboxylic acids is 2. The first-order valence-electron chi connectivity index (χ1n) is 13.4. The fourth-order valence-corrected chi connectivity index (χ4v) is 11.3. The molecule has 0 aromatic carbocycles. The molecule has 11 heteroatoms. The molecule has 0 heterocycles. The lowest BCUT2D eigenvalue weighted by Crippen LogP contribution is -2.50. The third kappa shape index (κ3) is 10.0. The van der Waals surface area contributed by atoms with Crippen molar-refractivity contribution in [3.8, 4) is 0 Å². The number of rotatable bonds is 20. The van der Waals surface area contributed by atoms with Gasteiger partial charge in [-0.25, -0.2) is 0 Å². The highest BCUT2D eigenvalue weighted by molar-refractivity contribution is 6.75. The SMILES string of the molecule is CCN(CCC[Si](OC)(OC)OC)C(CC(=O)O[Si](CC)(CC)CC)C(=O)O[Si](CC)(CC)CC. The van der Waals surface area contributed by atoms with Crippen molar-refractivity contribution >= 4 is 37.4 Å². The zero-order valence-corrected chi connectivity index (χ0v) is 27.2. The van der Waals surface area contributed by atoms with Gasteiger partial charge in [-0.05, 0) is 55.8 Å². The van der Waals surface area contributed by atoms with Gasteiger partial charge in [-0.1, -0.05) is 48.5 Å². The van der Waals surface area contributed by atoms with Crippen molar-refractivity contribution in [2.24, 2.45) is 0 Å². The van der Waals surface area contributed by atoms with Crippen LogP contribution >= 0.6 is 0 Å². The molecule has 0 amide bonds. The van der Waals surface area contributed by atoms with E-state index in [4.69, 9.17) is 22.1 Å². The molecule has 0 aliphatic heterocycles. The van der Waals surface area contributed by atoms with Gasteiger partial charge in [-0.3, -0.25) is 14.5 Å². The zero-order chi connectivity index (χ0) is 27.1. The Balaban J connectivity index is 5.81. The molecule has 0 N–H and O–H groups in total. The van der Waals surface area contributed by atoms with Crippen LogP contribution in [-0.2, 0) is 31.7 Å². The van der Waals surface area contributed by atoms with Crippen molar-refractivity contribution in [2.45, 2.75) is 110 Å². The Morgan fingerprint density at radius 3 is 1.51 bits per heavy atom. The average Bonchev–Trinajstić information content (AvgIpc) is 2.90. The highest BCUT2D eigenvalue weighted by Gasteiger charge is 2.41. The van der Waals surface area contributed by atoms with Gasteiger partial charge in [0, 0.05) is 27.4 Å². The zero-order valence-electron chi connectivity index (χ0n) is 24.2. The molecule has 0 aromatic heterocycles. The predicted molar refractivity (Wildman–Crippen MR) is 148 cm³/mol. The minimum atomic E-state index is -2.72. The maximum absolute atomic E-state index is 13.6. The van der Waals surface area contributed by atoms with Gasteiger partial charge in [0.2, 0.25) is 0 Å². The van der Waals surface area contributed by atoms with Crippen LogP contribution in [0.15, 0.2) is 0 Å². The third-order valence-corrected chi connectivity index (χ3v) is 19.7. The summed E-state index contributed by atoms with van der Waals surface area (Å²) in [6, 6.07) is 5.22. The highest BCUT2D eigenvalue weighted by atomic mass is 28.4. The first-order valence-corrected chi connectivity index (χ1v) is 20.4. The second kappa shape index (κ2) is 17.0. The van der Waals surface area contributed by atoms with Crippen LogP contribution in [0.3, 0.4) is 0 Å². The molecular weight excluding hydrogens is 499 g/mol. The van der Waals surface area contributed by atoms with E-state index in [2.05, 4.69) is 41.5 Å². The smallest absolute Gasteiger partial charge is 0.500 e. The summed E-state index contributed by atoms with van der Waals surface area (Å²) in [5.74, 6) is -0.569. The fraction of sp³-hybridized carbons (Fsp3) is 0.917. The van der Waals surface area contributed by atoms with Crippen LogP contribution in [0, 0.1) is 0 Å². The molecule has 0 aliphatic rings. The minimum absolute atomic E-state index is 0.0183. The standard InChI is InChI=1S/C24H53NO7Si3/c1-11-25(19-18-20-35(28-8,29-9)30-10)22(24(27)32-34(15-5,16-6)17-7)21-23(26)31-33(12-2,13-3)14-4/h22H,11-21H2,1-10H3. The quantitative estimate of drug-likeness (QED) is 0.185. The number of hydrogen-bond donors (Lipinski definition) is 0. The van der Waals surface area contributed by atoms with Crippen molar-refractivity contribution < 1.29 is 31.7 Å². The number of likely N-dealkylation sites (N-methyl/N-ethyl adjacent to an activating group) is 1. The van der Waals surface area contributed by atoms with Crippen LogP contribution in [-0.4, -0.2) is 82.7 Å². The Hall–Kier alpha value is -0.569. The van der Waals surface area contributed by atoms with E-state index in [1.807, 2.05) is 11.8 Å². The monoisotopic (exact) mass is 551 g/mol. The largest absolute Gasteiger partial charge is 0.519 e. The molecule has 0 saturated heterocycles. The predicted octanol–water partition coefficient (Wildman–Crippen LogP) is 5.43. The number of hydrogen-bond acceptors (Lipinski definition) is 8. The summed E-state index contributed by atoms with van der Waals surface area (Å²) >= 11 is 0. The molecule has 0 rings (SSSR count). The topological polar surface area (TPSA) is 83.5 Å². The Labute approximate surface area is 218 Å². The van der Waals surface area contributed by atoms with Gasteiger partial charge in [-0.15, -0.1) is 0 Å². The van der Waals surface area contributed by atoms with Gasteiger partial charge in [0.15, 0.2) is 0 Å². The lowest BCUT2D eigenvalue weighted by Gasteiger charge is -2.35. The summed E-state index contributed by atoms with van der Waals surface area (Å²) in [6.07, 6.45) is 0.730. The normalized spacial score (nSPS) is 13.7. The Morgan fingerprint density at radius 2 is 1.14 bits per heavy atom. The third-order valence-electron chi connectivity index (χ3n) is 7.85. The van der Waals surface area contributed by atoms with E-state index in [-0.39, 0.29) is 18.4 Å². The van der Waals surface area contributed by atoms with Crippen LogP contribution < -0.4 is 0 Å². The fourth-order valence-electron chi connectivity index (χ4n) is 4.61. The summed E-state index contributed by atoms with van der Waals surface area (Å²) in [4.78, 5) is 28.8. The lowest BCUT2D eigenvalue weighted by atomic mass is 10.1. The van der Waals surface area contributed by atoms with Gasteiger partial charge < -0.3 is 22.1 Å². The van der Waals surface area contributed by atoms with Gasteiger partial charge in [0.05, 0.1) is 6.42 Å². The van der Waals surface area contributed by atoms with Crippen LogP contribution in [0.4, 0.5) is 0 Å². The van der Waals surface area contributed by atoms with E-state index in [1.165, 1.54) is 0 Å². The van der Waals surface area contributed by atoms with E-state index in [0.29, 0.717) is 25.6 Å². The van der Waals surface area contributed by atoms with Gasteiger partial charge in [0.1, 0.15) is 6.04 Å². The lowest BCUT2D eigenvalue weighted by molar-refractivity contribution is -0.147. The van der Waals surface area contributed by atoms with Crippen LogP contribution in [0.25, 0.3) is 0 Å². The van der Waals surface area contributed by atoms with Crippen molar-refractivity contribution in [1.82, 2.24) is 4.90 Å². The Morgan fingerprint density at radius 1 is 0.714 bits per heavy atom. The number of nitrogens with zero attached hydrogens (tertiary/aromatic N) is 1. The molecule has 0 saturated carbocycles. The second-order valence-electron chi connectivity index (χ2n) is 9.13. The molecule has 0 radical (unpaired) electrons. The maximum Gasteiger partial charge on any atom is 0.500 e. The molecule has 0 aliphatic carbocycles. The van der Waals surface area contributed by atoms with Crippen molar-refractivity contribution in [3.63, 3.8) is 0 Å². The summed E-state index contributed by atoms with van der Waals surface area (Å²) in [5, 5.41) is 0. The van der Waals surface area contributed by atoms with Crippen molar-refractivity contribution in [1.29, 1.82) is 0 Å². The molecule has 1 atom stereocenters.